The van der Waals surface area contributed by atoms with E-state index in [1.54, 1.807) is 13.8 Å². The lowest BCUT2D eigenvalue weighted by molar-refractivity contribution is -0.148. The maximum Gasteiger partial charge on any atom is 0.248 e. The van der Waals surface area contributed by atoms with Gasteiger partial charge in [-0.05, 0) is 37.6 Å². The number of carbonyl (C=O) groups excluding carboxylic acids is 2. The van der Waals surface area contributed by atoms with Gasteiger partial charge >= 0.3 is 0 Å². The Labute approximate surface area is 115 Å². The third-order valence-corrected chi connectivity index (χ3v) is 3.35. The fraction of sp³-hybridized carbons (Fsp3) is 0.385. The van der Waals surface area contributed by atoms with Crippen LogP contribution in [0.4, 0.5) is 4.39 Å². The molecule has 0 aromatic heterocycles. The summed E-state index contributed by atoms with van der Waals surface area (Å²) in [5.41, 5.74) is -0.463. The summed E-state index contributed by atoms with van der Waals surface area (Å²) < 4.78 is 13.2. The van der Waals surface area contributed by atoms with E-state index in [4.69, 9.17) is 11.6 Å². The molecule has 19 heavy (non-hydrogen) atoms. The highest BCUT2D eigenvalue weighted by molar-refractivity contribution is 6.31. The number of piperazine rings is 1. The van der Waals surface area contributed by atoms with Crippen molar-refractivity contribution in [2.45, 2.75) is 25.9 Å². The van der Waals surface area contributed by atoms with Gasteiger partial charge in [-0.3, -0.25) is 9.59 Å². The molecule has 2 amide bonds. The van der Waals surface area contributed by atoms with Crippen molar-refractivity contribution >= 4 is 23.4 Å². The highest BCUT2D eigenvalue weighted by Crippen LogP contribution is 2.22. The van der Waals surface area contributed by atoms with Crippen LogP contribution in [0.25, 0.3) is 0 Å². The molecule has 1 heterocycles. The van der Waals surface area contributed by atoms with Crippen LogP contribution in [0, 0.1) is 5.82 Å². The van der Waals surface area contributed by atoms with Crippen molar-refractivity contribution in [1.29, 1.82) is 0 Å². The highest BCUT2D eigenvalue weighted by Gasteiger charge is 2.39. The Morgan fingerprint density at radius 3 is 2.79 bits per heavy atom. The van der Waals surface area contributed by atoms with E-state index in [0.29, 0.717) is 10.6 Å². The van der Waals surface area contributed by atoms with Crippen LogP contribution >= 0.6 is 11.6 Å². The van der Waals surface area contributed by atoms with Gasteiger partial charge in [0.05, 0.1) is 6.54 Å². The molecule has 0 aliphatic carbocycles. The van der Waals surface area contributed by atoms with Crippen LogP contribution in [0.1, 0.15) is 19.4 Å². The first-order valence-electron chi connectivity index (χ1n) is 5.84. The van der Waals surface area contributed by atoms with Crippen LogP contribution in [0.3, 0.4) is 0 Å². The van der Waals surface area contributed by atoms with Gasteiger partial charge in [-0.15, -0.1) is 0 Å². The van der Waals surface area contributed by atoms with Gasteiger partial charge in [0.2, 0.25) is 11.8 Å². The third-order valence-electron chi connectivity index (χ3n) is 2.98. The standard InChI is InChI=1S/C13H14ClFN2O2/c1-13(2)12(19)17(7-11(18)16-13)6-8-5-9(15)3-4-10(8)14/h3-5H,6-7H2,1-2H3,(H,16,18). The number of nitrogens with zero attached hydrogens (tertiary/aromatic N) is 1. The summed E-state index contributed by atoms with van der Waals surface area (Å²) in [6.45, 7) is 3.33. The third kappa shape index (κ3) is 2.87. The number of amides is 2. The first-order chi connectivity index (χ1) is 8.79. The van der Waals surface area contributed by atoms with Gasteiger partial charge < -0.3 is 10.2 Å². The highest BCUT2D eigenvalue weighted by atomic mass is 35.5. The molecule has 0 spiro atoms. The van der Waals surface area contributed by atoms with E-state index >= 15 is 0 Å². The molecular formula is C13H14ClFN2O2. The van der Waals surface area contributed by atoms with Crippen molar-refractivity contribution in [3.8, 4) is 0 Å². The fourth-order valence-electron chi connectivity index (χ4n) is 2.08. The largest absolute Gasteiger partial charge is 0.341 e. The summed E-state index contributed by atoms with van der Waals surface area (Å²) in [5.74, 6) is -0.878. The van der Waals surface area contributed by atoms with Gasteiger partial charge in [-0.1, -0.05) is 11.6 Å². The lowest BCUT2D eigenvalue weighted by Crippen LogP contribution is -2.63. The Hall–Kier alpha value is -1.62. The minimum absolute atomic E-state index is 0.0465. The Morgan fingerprint density at radius 2 is 2.11 bits per heavy atom. The normalized spacial score (nSPS) is 18.4. The van der Waals surface area contributed by atoms with Gasteiger partial charge in [0.15, 0.2) is 0 Å². The maximum absolute atomic E-state index is 13.2. The van der Waals surface area contributed by atoms with E-state index in [0.717, 1.165) is 0 Å². The molecule has 0 saturated carbocycles. The van der Waals surface area contributed by atoms with Crippen LogP contribution in [0.5, 0.6) is 0 Å². The number of hydrogen-bond acceptors (Lipinski definition) is 2. The minimum Gasteiger partial charge on any atom is -0.341 e. The summed E-state index contributed by atoms with van der Waals surface area (Å²) in [5, 5.41) is 2.98. The second kappa shape index (κ2) is 4.81. The number of rotatable bonds is 2. The zero-order valence-electron chi connectivity index (χ0n) is 10.7. The second-order valence-corrected chi connectivity index (χ2v) is 5.48. The van der Waals surface area contributed by atoms with Crippen LogP contribution < -0.4 is 5.32 Å². The summed E-state index contributed by atoms with van der Waals surface area (Å²) in [4.78, 5) is 25.1. The molecular weight excluding hydrogens is 271 g/mol. The predicted molar refractivity (Wildman–Crippen MR) is 69.0 cm³/mol. The Kier molecular flexibility index (Phi) is 3.49. The molecule has 0 unspecified atom stereocenters. The van der Waals surface area contributed by atoms with E-state index in [9.17, 15) is 14.0 Å². The van der Waals surface area contributed by atoms with E-state index in [1.165, 1.54) is 23.1 Å². The summed E-state index contributed by atoms with van der Waals surface area (Å²) in [7, 11) is 0. The molecule has 6 heteroatoms. The van der Waals surface area contributed by atoms with E-state index < -0.39 is 11.4 Å². The van der Waals surface area contributed by atoms with Crippen molar-refractivity contribution in [3.63, 3.8) is 0 Å². The number of halogens is 2. The second-order valence-electron chi connectivity index (χ2n) is 5.07. The molecule has 1 aromatic rings. The van der Waals surface area contributed by atoms with Gasteiger partial charge in [0.1, 0.15) is 11.4 Å². The molecule has 0 radical (unpaired) electrons. The average Bonchev–Trinajstić information content (AvgIpc) is 2.29. The molecule has 1 aliphatic rings. The summed E-state index contributed by atoms with van der Waals surface area (Å²) >= 11 is 5.97. The van der Waals surface area contributed by atoms with Crippen LogP contribution in [-0.4, -0.2) is 28.8 Å². The Morgan fingerprint density at radius 1 is 1.42 bits per heavy atom. The molecule has 0 bridgehead atoms. The molecule has 1 fully saturated rings. The zero-order valence-corrected chi connectivity index (χ0v) is 11.4. The van der Waals surface area contributed by atoms with Gasteiger partial charge in [-0.2, -0.15) is 0 Å². The Balaban J connectivity index is 2.24. The zero-order chi connectivity index (χ0) is 14.2. The van der Waals surface area contributed by atoms with Gasteiger partial charge in [0, 0.05) is 11.6 Å². The first-order valence-corrected chi connectivity index (χ1v) is 6.22. The van der Waals surface area contributed by atoms with E-state index in [1.807, 2.05) is 0 Å². The van der Waals surface area contributed by atoms with E-state index in [2.05, 4.69) is 5.32 Å². The van der Waals surface area contributed by atoms with Crippen LogP contribution in [0.15, 0.2) is 18.2 Å². The molecule has 0 atom stereocenters. The van der Waals surface area contributed by atoms with Crippen molar-refractivity contribution in [1.82, 2.24) is 10.2 Å². The molecule has 1 aromatic carbocycles. The van der Waals surface area contributed by atoms with Crippen LogP contribution in [-0.2, 0) is 16.1 Å². The molecule has 2 rings (SSSR count). The lowest BCUT2D eigenvalue weighted by Gasteiger charge is -2.37. The SMILES string of the molecule is CC1(C)NC(=O)CN(Cc2cc(F)ccc2Cl)C1=O. The number of benzene rings is 1. The Bertz CT molecular complexity index is 545. The van der Waals surface area contributed by atoms with Gasteiger partial charge in [0.25, 0.3) is 0 Å². The number of hydrogen-bond donors (Lipinski definition) is 1. The molecule has 1 N–H and O–H groups in total. The number of carbonyl (C=O) groups is 2. The van der Waals surface area contributed by atoms with Crippen molar-refractivity contribution in [2.24, 2.45) is 0 Å². The monoisotopic (exact) mass is 284 g/mol. The summed E-state index contributed by atoms with van der Waals surface area (Å²) in [6.07, 6.45) is 0. The number of nitrogens with one attached hydrogen (secondary N) is 1. The van der Waals surface area contributed by atoms with Crippen molar-refractivity contribution < 1.29 is 14.0 Å². The van der Waals surface area contributed by atoms with Crippen molar-refractivity contribution in [3.05, 3.63) is 34.6 Å². The van der Waals surface area contributed by atoms with Crippen LogP contribution in [0.2, 0.25) is 5.02 Å². The topological polar surface area (TPSA) is 49.4 Å². The molecule has 1 saturated heterocycles. The first kappa shape index (κ1) is 13.8. The molecule has 1 aliphatic heterocycles. The van der Waals surface area contributed by atoms with Gasteiger partial charge in [-0.25, -0.2) is 4.39 Å². The summed E-state index contributed by atoms with van der Waals surface area (Å²) in [6, 6.07) is 3.96. The fourth-order valence-corrected chi connectivity index (χ4v) is 2.26. The van der Waals surface area contributed by atoms with E-state index in [-0.39, 0.29) is 24.9 Å². The lowest BCUT2D eigenvalue weighted by atomic mass is 10.00. The van der Waals surface area contributed by atoms with Crippen molar-refractivity contribution in [2.75, 3.05) is 6.54 Å². The predicted octanol–water partition coefficient (Wildman–Crippen LogP) is 1.72. The molecule has 102 valence electrons. The minimum atomic E-state index is -0.949. The smallest absolute Gasteiger partial charge is 0.248 e. The molecule has 4 nitrogen and oxygen atoms in total. The maximum atomic E-state index is 13.2. The quantitative estimate of drug-likeness (QED) is 0.899. The average molecular weight is 285 g/mol.